The van der Waals surface area contributed by atoms with E-state index >= 15 is 0 Å². The molecule has 6 nitrogen and oxygen atoms in total. The summed E-state index contributed by atoms with van der Waals surface area (Å²) in [4.78, 5) is 27.7. The Morgan fingerprint density at radius 2 is 2.09 bits per heavy atom. The number of anilines is 1. The summed E-state index contributed by atoms with van der Waals surface area (Å²) >= 11 is 0. The van der Waals surface area contributed by atoms with Gasteiger partial charge in [0.05, 0.1) is 0 Å². The van der Waals surface area contributed by atoms with Gasteiger partial charge in [-0.2, -0.15) is 0 Å². The summed E-state index contributed by atoms with van der Waals surface area (Å²) in [6.07, 6.45) is 0.984. The van der Waals surface area contributed by atoms with E-state index in [-0.39, 0.29) is 6.04 Å². The molecule has 0 spiro atoms. The number of benzene rings is 1. The van der Waals surface area contributed by atoms with Crippen molar-refractivity contribution in [3.63, 3.8) is 0 Å². The van der Waals surface area contributed by atoms with Gasteiger partial charge in [0.25, 0.3) is 0 Å². The van der Waals surface area contributed by atoms with Crippen molar-refractivity contribution >= 4 is 17.5 Å². The van der Waals surface area contributed by atoms with Crippen LogP contribution in [0.4, 0.5) is 5.69 Å². The molecule has 2 heterocycles. The zero-order valence-electron chi connectivity index (χ0n) is 12.8. The number of nitrogens with one attached hydrogen (secondary N) is 1. The fraction of sp³-hybridized carbons (Fsp3) is 0.500. The first-order valence-electron chi connectivity index (χ1n) is 7.70. The second-order valence-corrected chi connectivity index (χ2v) is 6.06. The number of likely N-dealkylation sites (tertiary alicyclic amines) is 1. The number of nitrogens with zero attached hydrogens (tertiary/aromatic N) is 2. The van der Waals surface area contributed by atoms with Gasteiger partial charge in [-0.05, 0) is 37.6 Å². The van der Waals surface area contributed by atoms with Crippen molar-refractivity contribution in [3.05, 3.63) is 29.8 Å². The molecule has 6 heteroatoms. The number of hydrogen-bond acceptors (Lipinski definition) is 4. The van der Waals surface area contributed by atoms with Crippen molar-refractivity contribution in [1.82, 2.24) is 10.2 Å². The van der Waals surface area contributed by atoms with Crippen LogP contribution in [0.15, 0.2) is 24.3 Å². The fourth-order valence-electron chi connectivity index (χ4n) is 3.47. The summed E-state index contributed by atoms with van der Waals surface area (Å²) in [5, 5.41) is 2.59. The lowest BCUT2D eigenvalue weighted by Crippen LogP contribution is -2.52. The highest BCUT2D eigenvalue weighted by atomic mass is 16.2. The average Bonchev–Trinajstić information content (AvgIpc) is 2.91. The fourth-order valence-corrected chi connectivity index (χ4v) is 3.47. The third kappa shape index (κ3) is 2.60. The van der Waals surface area contributed by atoms with Gasteiger partial charge in [0.2, 0.25) is 0 Å². The molecule has 2 amide bonds. The number of piperazine rings is 1. The average molecular weight is 302 g/mol. The van der Waals surface area contributed by atoms with Crippen LogP contribution >= 0.6 is 0 Å². The lowest BCUT2D eigenvalue weighted by molar-refractivity contribution is -0.138. The maximum atomic E-state index is 12.2. The molecule has 2 atom stereocenters. The quantitative estimate of drug-likeness (QED) is 0.776. The van der Waals surface area contributed by atoms with Gasteiger partial charge >= 0.3 is 11.8 Å². The number of carbonyl (C=O) groups excluding carboxylic acids is 2. The standard InChI is InChI=1S/C16H22N4O2/c1-19-10-11(9-17)8-14(19)12-4-2-3-5-13(12)20-7-6-18-15(21)16(20)22/h2-5,11,14H,6-10,17H2,1H3,(H,18,21). The Labute approximate surface area is 130 Å². The molecule has 2 unspecified atom stereocenters. The molecule has 3 rings (SSSR count). The molecule has 2 saturated heterocycles. The van der Waals surface area contributed by atoms with Crippen molar-refractivity contribution in [3.8, 4) is 0 Å². The van der Waals surface area contributed by atoms with Crippen LogP contribution in [0.25, 0.3) is 0 Å². The van der Waals surface area contributed by atoms with Crippen LogP contribution in [0.1, 0.15) is 18.0 Å². The van der Waals surface area contributed by atoms with E-state index in [2.05, 4.69) is 23.3 Å². The van der Waals surface area contributed by atoms with Gasteiger partial charge in [-0.1, -0.05) is 18.2 Å². The highest BCUT2D eigenvalue weighted by Gasteiger charge is 2.34. The van der Waals surface area contributed by atoms with Gasteiger partial charge in [0.15, 0.2) is 0 Å². The first-order chi connectivity index (χ1) is 10.6. The Kier molecular flexibility index (Phi) is 4.13. The Balaban J connectivity index is 1.93. The summed E-state index contributed by atoms with van der Waals surface area (Å²) < 4.78 is 0. The van der Waals surface area contributed by atoms with Gasteiger partial charge in [-0.25, -0.2) is 0 Å². The SMILES string of the molecule is CN1CC(CN)CC1c1ccccc1N1CCNC(=O)C1=O. The molecule has 0 bridgehead atoms. The topological polar surface area (TPSA) is 78.7 Å². The van der Waals surface area contributed by atoms with Crippen molar-refractivity contribution in [2.24, 2.45) is 11.7 Å². The normalized spacial score (nSPS) is 26.4. The maximum absolute atomic E-state index is 12.2. The van der Waals surface area contributed by atoms with Crippen LogP contribution in [0.5, 0.6) is 0 Å². The summed E-state index contributed by atoms with van der Waals surface area (Å²) in [6.45, 7) is 2.64. The lowest BCUT2D eigenvalue weighted by atomic mass is 9.97. The Bertz CT molecular complexity index is 589. The second-order valence-electron chi connectivity index (χ2n) is 6.06. The zero-order chi connectivity index (χ0) is 15.7. The smallest absolute Gasteiger partial charge is 0.316 e. The van der Waals surface area contributed by atoms with E-state index in [9.17, 15) is 9.59 Å². The minimum absolute atomic E-state index is 0.238. The maximum Gasteiger partial charge on any atom is 0.316 e. The van der Waals surface area contributed by atoms with E-state index in [1.807, 2.05) is 18.2 Å². The van der Waals surface area contributed by atoms with Crippen molar-refractivity contribution in [2.45, 2.75) is 12.5 Å². The minimum Gasteiger partial charge on any atom is -0.346 e. The Morgan fingerprint density at radius 3 is 2.82 bits per heavy atom. The van der Waals surface area contributed by atoms with Crippen molar-refractivity contribution < 1.29 is 9.59 Å². The molecule has 1 aromatic carbocycles. The van der Waals surface area contributed by atoms with Crippen molar-refractivity contribution in [2.75, 3.05) is 38.1 Å². The third-order valence-corrected chi connectivity index (χ3v) is 4.62. The molecule has 22 heavy (non-hydrogen) atoms. The lowest BCUT2D eigenvalue weighted by Gasteiger charge is -2.31. The van der Waals surface area contributed by atoms with Gasteiger partial charge in [0, 0.05) is 31.4 Å². The predicted octanol–water partition coefficient (Wildman–Crippen LogP) is 0.101. The molecule has 0 saturated carbocycles. The van der Waals surface area contributed by atoms with E-state index in [1.165, 1.54) is 0 Å². The predicted molar refractivity (Wildman–Crippen MR) is 84.3 cm³/mol. The third-order valence-electron chi connectivity index (χ3n) is 4.62. The Hall–Kier alpha value is -1.92. The number of hydrogen-bond donors (Lipinski definition) is 2. The van der Waals surface area contributed by atoms with E-state index in [0.717, 1.165) is 24.2 Å². The van der Waals surface area contributed by atoms with Gasteiger partial charge in [-0.3, -0.25) is 14.5 Å². The molecular formula is C16H22N4O2. The van der Waals surface area contributed by atoms with E-state index < -0.39 is 11.8 Å². The molecule has 1 aromatic rings. The number of para-hydroxylation sites is 1. The first kappa shape index (κ1) is 15.0. The molecule has 0 aromatic heterocycles. The van der Waals surface area contributed by atoms with E-state index in [4.69, 9.17) is 5.73 Å². The summed E-state index contributed by atoms with van der Waals surface area (Å²) in [5.74, 6) is -0.529. The van der Waals surface area contributed by atoms with E-state index in [1.54, 1.807) is 4.90 Å². The summed E-state index contributed by atoms with van der Waals surface area (Å²) in [6, 6.07) is 8.11. The van der Waals surface area contributed by atoms with Crippen LogP contribution in [-0.4, -0.2) is 49.9 Å². The highest BCUT2D eigenvalue weighted by Crippen LogP contribution is 2.38. The number of carbonyl (C=O) groups is 2. The van der Waals surface area contributed by atoms with Crippen LogP contribution in [0, 0.1) is 5.92 Å². The molecule has 0 radical (unpaired) electrons. The molecule has 0 aliphatic carbocycles. The Morgan fingerprint density at radius 1 is 1.32 bits per heavy atom. The van der Waals surface area contributed by atoms with Gasteiger partial charge in [0.1, 0.15) is 0 Å². The summed E-state index contributed by atoms with van der Waals surface area (Å²) in [5.41, 5.74) is 7.76. The largest absolute Gasteiger partial charge is 0.346 e. The highest BCUT2D eigenvalue weighted by molar-refractivity contribution is 6.41. The van der Waals surface area contributed by atoms with Crippen LogP contribution < -0.4 is 16.0 Å². The van der Waals surface area contributed by atoms with Crippen LogP contribution in [-0.2, 0) is 9.59 Å². The second kappa shape index (κ2) is 6.06. The monoisotopic (exact) mass is 302 g/mol. The van der Waals surface area contributed by atoms with Gasteiger partial charge in [-0.15, -0.1) is 0 Å². The van der Waals surface area contributed by atoms with E-state index in [0.29, 0.717) is 25.6 Å². The number of rotatable bonds is 3. The van der Waals surface area contributed by atoms with Crippen LogP contribution in [0.3, 0.4) is 0 Å². The zero-order valence-corrected chi connectivity index (χ0v) is 12.8. The van der Waals surface area contributed by atoms with Crippen molar-refractivity contribution in [1.29, 1.82) is 0 Å². The molecule has 2 aliphatic rings. The molecule has 118 valence electrons. The minimum atomic E-state index is -0.527. The molecule has 3 N–H and O–H groups in total. The van der Waals surface area contributed by atoms with Gasteiger partial charge < -0.3 is 16.0 Å². The molecule has 2 fully saturated rings. The first-order valence-corrected chi connectivity index (χ1v) is 7.70. The molecular weight excluding hydrogens is 280 g/mol. The number of amides is 2. The number of nitrogens with two attached hydrogens (primary N) is 1. The summed E-state index contributed by atoms with van der Waals surface area (Å²) in [7, 11) is 2.09. The van der Waals surface area contributed by atoms with Crippen LogP contribution in [0.2, 0.25) is 0 Å². The molecule has 2 aliphatic heterocycles.